The summed E-state index contributed by atoms with van der Waals surface area (Å²) in [6.45, 7) is 5.53. The van der Waals surface area contributed by atoms with Crippen molar-refractivity contribution >= 4 is 5.78 Å². The van der Waals surface area contributed by atoms with Crippen molar-refractivity contribution in [3.8, 4) is 11.3 Å². The molecule has 0 unspecified atom stereocenters. The van der Waals surface area contributed by atoms with Gasteiger partial charge in [0.15, 0.2) is 5.69 Å². The molecule has 0 saturated heterocycles. The maximum Gasteiger partial charge on any atom is 0.246 e. The lowest BCUT2D eigenvalue weighted by atomic mass is 10.1. The zero-order valence-corrected chi connectivity index (χ0v) is 10.7. The van der Waals surface area contributed by atoms with Crippen LogP contribution in [0.1, 0.15) is 21.6 Å². The van der Waals surface area contributed by atoms with Crippen LogP contribution < -0.4 is 5.62 Å². The van der Waals surface area contributed by atoms with E-state index in [2.05, 4.69) is 21.7 Å². The molecule has 0 N–H and O–H groups in total. The summed E-state index contributed by atoms with van der Waals surface area (Å²) < 4.78 is 1.48. The van der Waals surface area contributed by atoms with Crippen molar-refractivity contribution in [2.24, 2.45) is 12.0 Å². The Hall–Kier alpha value is -2.56. The topological polar surface area (TPSA) is 60.1 Å². The normalized spacial score (nSPS) is 13.4. The summed E-state index contributed by atoms with van der Waals surface area (Å²) in [7, 11) is 1.71. The Morgan fingerprint density at radius 2 is 2.11 bits per heavy atom. The van der Waals surface area contributed by atoms with Gasteiger partial charge in [-0.25, -0.2) is 14.7 Å². The lowest BCUT2D eigenvalue weighted by Crippen LogP contribution is -2.26. The predicted octanol–water partition coefficient (Wildman–Crippen LogP) is 1.38. The summed E-state index contributed by atoms with van der Waals surface area (Å²) in [6, 6.07) is 5.68. The van der Waals surface area contributed by atoms with Crippen molar-refractivity contribution in [1.29, 1.82) is 0 Å². The summed E-state index contributed by atoms with van der Waals surface area (Å²) in [5.41, 5.74) is 3.96. The van der Waals surface area contributed by atoms with Gasteiger partial charge in [-0.15, -0.1) is 0 Å². The number of aromatic nitrogens is 3. The molecule has 0 bridgehead atoms. The van der Waals surface area contributed by atoms with E-state index in [-0.39, 0.29) is 5.78 Å². The van der Waals surface area contributed by atoms with E-state index < -0.39 is 0 Å². The first-order valence-electron chi connectivity index (χ1n) is 5.87. The molecule has 2 aromatic rings. The van der Waals surface area contributed by atoms with E-state index in [0.717, 1.165) is 11.1 Å². The number of hydrogen-bond acceptors (Lipinski definition) is 4. The zero-order chi connectivity index (χ0) is 13.6. The number of fused-ring (bicyclic) bond motifs is 3. The Bertz CT molecular complexity index is 787. The minimum atomic E-state index is -0.0850. The maximum atomic E-state index is 12.3. The van der Waals surface area contributed by atoms with Crippen LogP contribution in [0.2, 0.25) is 0 Å². The van der Waals surface area contributed by atoms with Gasteiger partial charge in [0.05, 0.1) is 0 Å². The van der Waals surface area contributed by atoms with Gasteiger partial charge >= 0.3 is 0 Å². The molecule has 1 aliphatic rings. The average molecular weight is 252 g/mol. The van der Waals surface area contributed by atoms with Crippen LogP contribution in [0.3, 0.4) is 0 Å². The number of carbonyl (C=O) groups excluding carboxylic acids is 1. The van der Waals surface area contributed by atoms with Crippen LogP contribution >= 0.6 is 0 Å². The third kappa shape index (κ3) is 1.62. The van der Waals surface area contributed by atoms with Crippen LogP contribution in [0.25, 0.3) is 11.3 Å². The molecule has 3 rings (SSSR count). The first-order valence-corrected chi connectivity index (χ1v) is 5.87. The third-order valence-electron chi connectivity index (χ3n) is 3.07. The second-order valence-corrected chi connectivity index (χ2v) is 4.42. The fraction of sp³-hybridized carbons (Fsp3) is 0.143. The molecule has 0 aliphatic heterocycles. The molecular formula is C14H12N4O. The first-order chi connectivity index (χ1) is 9.11. The van der Waals surface area contributed by atoms with Crippen molar-refractivity contribution in [2.45, 2.75) is 6.92 Å². The highest BCUT2D eigenvalue weighted by atomic mass is 16.1. The quantitative estimate of drug-likeness (QED) is 0.657. The Labute approximate surface area is 110 Å². The molecule has 5 heteroatoms. The number of rotatable bonds is 1. The fourth-order valence-electron chi connectivity index (χ4n) is 2.18. The molecule has 5 nitrogen and oxygen atoms in total. The van der Waals surface area contributed by atoms with Crippen molar-refractivity contribution in [3.05, 3.63) is 53.4 Å². The zero-order valence-electron chi connectivity index (χ0n) is 10.7. The highest BCUT2D eigenvalue weighted by molar-refractivity contribution is 6.19. The molecule has 1 aliphatic carbocycles. The minimum absolute atomic E-state index is 0.0850. The standard InChI is InChI=1S/C14H12N4O/c1-4-15-14-16-11-10-7-8(2)5-6-9(10)13(19)12(11)17-18(14)3/h4-7H,1H2,2-3H3. The Morgan fingerprint density at radius 1 is 1.32 bits per heavy atom. The Morgan fingerprint density at radius 3 is 2.84 bits per heavy atom. The molecule has 94 valence electrons. The van der Waals surface area contributed by atoms with Crippen molar-refractivity contribution in [2.75, 3.05) is 0 Å². The lowest BCUT2D eigenvalue weighted by Gasteiger charge is -2.02. The third-order valence-corrected chi connectivity index (χ3v) is 3.07. The summed E-state index contributed by atoms with van der Waals surface area (Å²) in [5, 5.41) is 4.26. The highest BCUT2D eigenvalue weighted by Gasteiger charge is 2.30. The number of ketones is 1. The molecule has 0 amide bonds. The molecule has 1 heterocycles. The van der Waals surface area contributed by atoms with E-state index in [1.807, 2.05) is 25.1 Å². The van der Waals surface area contributed by atoms with E-state index in [9.17, 15) is 4.79 Å². The van der Waals surface area contributed by atoms with Gasteiger partial charge in [0.1, 0.15) is 5.69 Å². The van der Waals surface area contributed by atoms with Crippen LogP contribution in [0.4, 0.5) is 0 Å². The summed E-state index contributed by atoms with van der Waals surface area (Å²) in [4.78, 5) is 20.7. The Balaban J connectivity index is 2.38. The van der Waals surface area contributed by atoms with Gasteiger partial charge in [0.25, 0.3) is 0 Å². The summed E-state index contributed by atoms with van der Waals surface area (Å²) in [6.07, 6.45) is 1.41. The average Bonchev–Trinajstić information content (AvgIpc) is 2.64. The van der Waals surface area contributed by atoms with Gasteiger partial charge < -0.3 is 0 Å². The Kier molecular flexibility index (Phi) is 2.41. The van der Waals surface area contributed by atoms with Crippen molar-refractivity contribution in [3.63, 3.8) is 0 Å². The number of hydrogen-bond donors (Lipinski definition) is 0. The second kappa shape index (κ2) is 3.98. The van der Waals surface area contributed by atoms with E-state index in [4.69, 9.17) is 0 Å². The monoisotopic (exact) mass is 252 g/mol. The van der Waals surface area contributed by atoms with E-state index in [1.165, 1.54) is 10.9 Å². The van der Waals surface area contributed by atoms with E-state index in [0.29, 0.717) is 22.6 Å². The molecule has 1 aromatic carbocycles. The largest absolute Gasteiger partial charge is 0.287 e. The molecule has 0 saturated carbocycles. The van der Waals surface area contributed by atoms with E-state index in [1.54, 1.807) is 7.05 Å². The summed E-state index contributed by atoms with van der Waals surface area (Å²) >= 11 is 0. The summed E-state index contributed by atoms with van der Waals surface area (Å²) in [5.74, 6) is -0.0850. The molecule has 19 heavy (non-hydrogen) atoms. The maximum absolute atomic E-state index is 12.3. The van der Waals surface area contributed by atoms with Gasteiger partial charge in [0, 0.05) is 24.4 Å². The molecular weight excluding hydrogens is 240 g/mol. The molecule has 1 aromatic heterocycles. The van der Waals surface area contributed by atoms with Gasteiger partial charge in [0.2, 0.25) is 11.4 Å². The lowest BCUT2D eigenvalue weighted by molar-refractivity contribution is 0.103. The predicted molar refractivity (Wildman–Crippen MR) is 70.4 cm³/mol. The first kappa shape index (κ1) is 11.5. The van der Waals surface area contributed by atoms with Crippen LogP contribution in [0.15, 0.2) is 36.0 Å². The second-order valence-electron chi connectivity index (χ2n) is 4.42. The number of carbonyl (C=O) groups is 1. The smallest absolute Gasteiger partial charge is 0.246 e. The molecule has 0 atom stereocenters. The van der Waals surface area contributed by atoms with Crippen molar-refractivity contribution < 1.29 is 4.79 Å². The number of benzene rings is 1. The van der Waals surface area contributed by atoms with Gasteiger partial charge in [-0.3, -0.25) is 4.79 Å². The fourth-order valence-corrected chi connectivity index (χ4v) is 2.18. The van der Waals surface area contributed by atoms with Gasteiger partial charge in [-0.2, -0.15) is 5.10 Å². The number of aryl methyl sites for hydroxylation is 2. The van der Waals surface area contributed by atoms with Gasteiger partial charge in [-0.1, -0.05) is 24.3 Å². The van der Waals surface area contributed by atoms with E-state index >= 15 is 0 Å². The van der Waals surface area contributed by atoms with Crippen LogP contribution in [0.5, 0.6) is 0 Å². The SMILES string of the molecule is C=CN=c1nc2c(nn1C)C(=O)c1ccc(C)cc1-2. The molecule has 0 radical (unpaired) electrons. The minimum Gasteiger partial charge on any atom is -0.287 e. The highest BCUT2D eigenvalue weighted by Crippen LogP contribution is 2.33. The van der Waals surface area contributed by atoms with Crippen LogP contribution in [0, 0.1) is 6.92 Å². The van der Waals surface area contributed by atoms with Crippen molar-refractivity contribution in [1.82, 2.24) is 14.8 Å². The van der Waals surface area contributed by atoms with Crippen LogP contribution in [-0.4, -0.2) is 20.5 Å². The molecule has 0 fully saturated rings. The van der Waals surface area contributed by atoms with Gasteiger partial charge in [-0.05, 0) is 13.0 Å². The van der Waals surface area contributed by atoms with Crippen LogP contribution in [-0.2, 0) is 7.05 Å². The number of nitrogens with zero attached hydrogens (tertiary/aromatic N) is 4. The molecule has 0 spiro atoms.